The average molecular weight is 548 g/mol. The highest BCUT2D eigenvalue weighted by Crippen LogP contribution is 2.56. The number of likely N-dealkylation sites (tertiary alicyclic amines) is 1. The number of nitrogens with zero attached hydrogens (tertiary/aromatic N) is 1. The van der Waals surface area contributed by atoms with Crippen LogP contribution in [0.1, 0.15) is 90.5 Å². The molecule has 1 aromatic rings. The van der Waals surface area contributed by atoms with Gasteiger partial charge in [-0.3, -0.25) is 14.4 Å². The number of anilines is 1. The fraction of sp³-hybridized carbons (Fsp3) is 0.667. The van der Waals surface area contributed by atoms with Gasteiger partial charge in [0.2, 0.25) is 17.7 Å². The van der Waals surface area contributed by atoms with E-state index in [-0.39, 0.29) is 29.8 Å². The molecular formula is C33H45N3O4. The van der Waals surface area contributed by atoms with Crippen LogP contribution in [0.2, 0.25) is 0 Å². The van der Waals surface area contributed by atoms with Crippen LogP contribution < -0.4 is 10.6 Å². The second-order valence-corrected chi connectivity index (χ2v) is 13.4. The number of benzene rings is 1. The lowest BCUT2D eigenvalue weighted by Gasteiger charge is -2.40. The lowest BCUT2D eigenvalue weighted by Crippen LogP contribution is -2.59. The van der Waals surface area contributed by atoms with Crippen molar-refractivity contribution in [3.8, 4) is 0 Å². The van der Waals surface area contributed by atoms with Crippen molar-refractivity contribution in [2.45, 2.75) is 115 Å². The molecule has 2 aliphatic carbocycles. The zero-order valence-electron chi connectivity index (χ0n) is 24.4. The Bertz CT molecular complexity index is 1170. The maximum absolute atomic E-state index is 14.3. The molecule has 216 valence electrons. The summed E-state index contributed by atoms with van der Waals surface area (Å²) in [6.45, 7) is 8.75. The van der Waals surface area contributed by atoms with E-state index < -0.39 is 29.6 Å². The summed E-state index contributed by atoms with van der Waals surface area (Å²) in [5.74, 6) is -0.474. The third kappa shape index (κ3) is 4.49. The molecule has 1 spiro atoms. The summed E-state index contributed by atoms with van der Waals surface area (Å²) in [6.07, 6.45) is 11.6. The van der Waals surface area contributed by atoms with Crippen molar-refractivity contribution in [2.75, 3.05) is 5.32 Å². The van der Waals surface area contributed by atoms with Crippen LogP contribution in [0.4, 0.5) is 5.69 Å². The predicted molar refractivity (Wildman–Crippen MR) is 155 cm³/mol. The molecule has 7 nitrogen and oxygen atoms in total. The molecule has 2 saturated carbocycles. The highest BCUT2D eigenvalue weighted by Gasteiger charge is 2.73. The maximum atomic E-state index is 14.3. The van der Waals surface area contributed by atoms with Gasteiger partial charge in [-0.15, -0.1) is 0 Å². The first-order chi connectivity index (χ1) is 19.2. The zero-order chi connectivity index (χ0) is 28.2. The van der Waals surface area contributed by atoms with Crippen molar-refractivity contribution in [2.24, 2.45) is 23.7 Å². The van der Waals surface area contributed by atoms with Crippen LogP contribution in [0, 0.1) is 23.7 Å². The van der Waals surface area contributed by atoms with Gasteiger partial charge in [-0.25, -0.2) is 0 Å². The van der Waals surface area contributed by atoms with Gasteiger partial charge in [-0.1, -0.05) is 84.1 Å². The topological polar surface area (TPSA) is 87.7 Å². The number of amides is 3. The second kappa shape index (κ2) is 10.6. The molecule has 5 aliphatic rings. The van der Waals surface area contributed by atoms with Gasteiger partial charge in [-0.2, -0.15) is 0 Å². The Kier molecular flexibility index (Phi) is 7.30. The predicted octanol–water partition coefficient (Wildman–Crippen LogP) is 5.17. The van der Waals surface area contributed by atoms with E-state index in [1.807, 2.05) is 41.3 Å². The Balaban J connectivity index is 1.29. The van der Waals surface area contributed by atoms with E-state index in [0.29, 0.717) is 23.4 Å². The molecule has 6 rings (SSSR count). The van der Waals surface area contributed by atoms with Crippen LogP contribution in [0.15, 0.2) is 36.4 Å². The number of hydrogen-bond donors (Lipinski definition) is 2. The Morgan fingerprint density at radius 3 is 2.40 bits per heavy atom. The smallest absolute Gasteiger partial charge is 0.246 e. The molecule has 0 unspecified atom stereocenters. The van der Waals surface area contributed by atoms with Gasteiger partial charge in [0.05, 0.1) is 17.9 Å². The monoisotopic (exact) mass is 547 g/mol. The molecule has 4 fully saturated rings. The Hall–Kier alpha value is -2.67. The first-order valence-corrected chi connectivity index (χ1v) is 15.6. The number of ether oxygens (including phenoxy) is 1. The number of carbonyl (C=O) groups excluding carboxylic acids is 3. The molecule has 2 N–H and O–H groups in total. The van der Waals surface area contributed by atoms with Crippen LogP contribution in [-0.4, -0.2) is 52.5 Å². The summed E-state index contributed by atoms with van der Waals surface area (Å²) < 4.78 is 6.57. The molecule has 2 saturated heterocycles. The lowest BCUT2D eigenvalue weighted by atomic mass is 9.73. The summed E-state index contributed by atoms with van der Waals surface area (Å²) in [7, 11) is 0. The van der Waals surface area contributed by atoms with Crippen molar-refractivity contribution >= 4 is 23.4 Å². The van der Waals surface area contributed by atoms with Crippen molar-refractivity contribution in [1.82, 2.24) is 10.2 Å². The van der Waals surface area contributed by atoms with Gasteiger partial charge in [0.15, 0.2) is 0 Å². The molecule has 0 radical (unpaired) electrons. The van der Waals surface area contributed by atoms with E-state index in [2.05, 4.69) is 38.3 Å². The quantitative estimate of drug-likeness (QED) is 0.481. The molecule has 40 heavy (non-hydrogen) atoms. The summed E-state index contributed by atoms with van der Waals surface area (Å²) in [5, 5.41) is 6.43. The summed E-state index contributed by atoms with van der Waals surface area (Å²) in [4.78, 5) is 44.2. The van der Waals surface area contributed by atoms with Gasteiger partial charge < -0.3 is 20.3 Å². The fourth-order valence-electron chi connectivity index (χ4n) is 8.18. The van der Waals surface area contributed by atoms with Crippen LogP contribution in [0.3, 0.4) is 0 Å². The van der Waals surface area contributed by atoms with E-state index in [0.717, 1.165) is 44.9 Å². The van der Waals surface area contributed by atoms with E-state index in [4.69, 9.17) is 4.74 Å². The molecule has 1 aromatic carbocycles. The first-order valence-electron chi connectivity index (χ1n) is 15.6. The standard InChI is InChI=1S/C33H45N3O4/c1-19(2)22-13-15-23(16-14-22)34-30(37)27-26-17-18-33(40-26)28(27)32(39)36(24-10-6-5-7-11-24)29(33)31(38)35-25-12-8-9-20(3)21(25)4/h13-21,24-29H,5-12H2,1-4H3,(H,34,37)(H,35,38)/t20-,21+,25+,26+,27-,28+,29+,33+/m0/s1. The summed E-state index contributed by atoms with van der Waals surface area (Å²) in [5.41, 5.74) is 0.809. The molecule has 3 aliphatic heterocycles. The fourth-order valence-corrected chi connectivity index (χ4v) is 8.18. The van der Waals surface area contributed by atoms with Gasteiger partial charge in [0, 0.05) is 17.8 Å². The van der Waals surface area contributed by atoms with Crippen molar-refractivity contribution < 1.29 is 19.1 Å². The molecular weight excluding hydrogens is 502 g/mol. The molecule has 3 heterocycles. The Morgan fingerprint density at radius 2 is 1.70 bits per heavy atom. The lowest BCUT2D eigenvalue weighted by molar-refractivity contribution is -0.145. The highest BCUT2D eigenvalue weighted by atomic mass is 16.5. The molecule has 0 aromatic heterocycles. The van der Waals surface area contributed by atoms with E-state index in [1.54, 1.807) is 0 Å². The second-order valence-electron chi connectivity index (χ2n) is 13.4. The average Bonchev–Trinajstić information content (AvgIpc) is 3.59. The Morgan fingerprint density at radius 1 is 0.975 bits per heavy atom. The number of rotatable bonds is 6. The largest absolute Gasteiger partial charge is 0.359 e. The van der Waals surface area contributed by atoms with Crippen molar-refractivity contribution in [3.63, 3.8) is 0 Å². The van der Waals surface area contributed by atoms with Crippen LogP contribution >= 0.6 is 0 Å². The molecule has 7 heteroatoms. The number of hydrogen-bond acceptors (Lipinski definition) is 4. The van der Waals surface area contributed by atoms with Crippen LogP contribution in [0.5, 0.6) is 0 Å². The minimum Gasteiger partial charge on any atom is -0.359 e. The third-order valence-electron chi connectivity index (χ3n) is 10.7. The minimum atomic E-state index is -1.10. The van der Waals surface area contributed by atoms with E-state index >= 15 is 0 Å². The number of nitrogens with one attached hydrogen (secondary N) is 2. The van der Waals surface area contributed by atoms with Crippen LogP contribution in [-0.2, 0) is 19.1 Å². The maximum Gasteiger partial charge on any atom is 0.246 e. The van der Waals surface area contributed by atoms with Gasteiger partial charge in [-0.05, 0) is 54.7 Å². The van der Waals surface area contributed by atoms with Gasteiger partial charge in [0.25, 0.3) is 0 Å². The first kappa shape index (κ1) is 27.5. The zero-order valence-corrected chi connectivity index (χ0v) is 24.4. The number of fused-ring (bicyclic) bond motifs is 1. The van der Waals surface area contributed by atoms with Crippen molar-refractivity contribution in [1.29, 1.82) is 0 Å². The van der Waals surface area contributed by atoms with Crippen LogP contribution in [0.25, 0.3) is 0 Å². The minimum absolute atomic E-state index is 0.00279. The van der Waals surface area contributed by atoms with Crippen molar-refractivity contribution in [3.05, 3.63) is 42.0 Å². The third-order valence-corrected chi connectivity index (χ3v) is 10.7. The summed E-state index contributed by atoms with van der Waals surface area (Å²) in [6, 6.07) is 7.23. The molecule has 2 bridgehead atoms. The summed E-state index contributed by atoms with van der Waals surface area (Å²) >= 11 is 0. The number of carbonyl (C=O) groups is 3. The van der Waals surface area contributed by atoms with Gasteiger partial charge >= 0.3 is 0 Å². The Labute approximate surface area is 238 Å². The SMILES string of the molecule is CC(C)c1ccc(NC(=O)[C@H]2[C@H]3C=C[C@@]4(O3)[C@H]2C(=O)N(C2CCCCC2)[C@@H]4C(=O)N[C@@H]2CCC[C@H](C)[C@H]2C)cc1. The van der Waals surface area contributed by atoms with E-state index in [1.165, 1.54) is 12.0 Å². The molecule has 8 atom stereocenters. The van der Waals surface area contributed by atoms with Gasteiger partial charge in [0.1, 0.15) is 11.6 Å². The van der Waals surface area contributed by atoms with E-state index in [9.17, 15) is 14.4 Å². The normalized spacial score (nSPS) is 37.2. The molecule has 3 amide bonds. The highest BCUT2D eigenvalue weighted by molar-refractivity contribution is 6.03.